The molecule has 1 atom stereocenters. The number of furan rings is 1. The predicted octanol–water partition coefficient (Wildman–Crippen LogP) is 3.91. The first-order valence-corrected chi connectivity index (χ1v) is 7.02. The minimum atomic E-state index is 0.0166. The van der Waals surface area contributed by atoms with Crippen molar-refractivity contribution in [2.75, 3.05) is 13.7 Å². The topological polar surface area (TPSA) is 34.4 Å². The zero-order valence-electron chi connectivity index (χ0n) is 12.9. The minimum absolute atomic E-state index is 0.0166. The second-order valence-electron chi connectivity index (χ2n) is 5.07. The van der Waals surface area contributed by atoms with Crippen LogP contribution in [0.3, 0.4) is 0 Å². The van der Waals surface area contributed by atoms with Crippen LogP contribution in [0.5, 0.6) is 5.75 Å². The Balaban J connectivity index is 2.52. The van der Waals surface area contributed by atoms with Crippen molar-refractivity contribution in [3.63, 3.8) is 0 Å². The van der Waals surface area contributed by atoms with E-state index in [0.29, 0.717) is 0 Å². The van der Waals surface area contributed by atoms with Crippen LogP contribution in [-0.2, 0) is 0 Å². The Morgan fingerprint density at radius 3 is 2.45 bits per heavy atom. The quantitative estimate of drug-likeness (QED) is 0.896. The van der Waals surface area contributed by atoms with E-state index in [9.17, 15) is 0 Å². The summed E-state index contributed by atoms with van der Waals surface area (Å²) < 4.78 is 11.4. The van der Waals surface area contributed by atoms with Gasteiger partial charge >= 0.3 is 0 Å². The van der Waals surface area contributed by atoms with Crippen molar-refractivity contribution in [2.45, 2.75) is 33.7 Å². The highest BCUT2D eigenvalue weighted by atomic mass is 16.5. The SMILES string of the molecule is CCNC(c1ccc(C)o1)c1ccc(C)c(C)c1OC. The maximum absolute atomic E-state index is 5.80. The van der Waals surface area contributed by atoms with Crippen molar-refractivity contribution in [1.82, 2.24) is 5.32 Å². The number of nitrogens with one attached hydrogen (secondary N) is 1. The molecule has 1 unspecified atom stereocenters. The zero-order chi connectivity index (χ0) is 14.7. The van der Waals surface area contributed by atoms with E-state index in [1.165, 1.54) is 11.1 Å². The van der Waals surface area contributed by atoms with Gasteiger partial charge in [0.1, 0.15) is 17.3 Å². The Kier molecular flexibility index (Phi) is 4.50. The van der Waals surface area contributed by atoms with Crippen molar-refractivity contribution >= 4 is 0 Å². The molecule has 3 nitrogen and oxygen atoms in total. The summed E-state index contributed by atoms with van der Waals surface area (Å²) in [5.41, 5.74) is 3.53. The van der Waals surface area contributed by atoms with E-state index in [0.717, 1.165) is 29.4 Å². The molecule has 0 saturated carbocycles. The lowest BCUT2D eigenvalue weighted by Crippen LogP contribution is -2.22. The molecule has 0 spiro atoms. The van der Waals surface area contributed by atoms with E-state index in [4.69, 9.17) is 9.15 Å². The van der Waals surface area contributed by atoms with Crippen LogP contribution >= 0.6 is 0 Å². The normalized spacial score (nSPS) is 12.4. The lowest BCUT2D eigenvalue weighted by Gasteiger charge is -2.21. The number of hydrogen-bond acceptors (Lipinski definition) is 3. The second-order valence-corrected chi connectivity index (χ2v) is 5.07. The van der Waals surface area contributed by atoms with Crippen LogP contribution in [0.4, 0.5) is 0 Å². The number of methoxy groups -OCH3 is 1. The van der Waals surface area contributed by atoms with Crippen molar-refractivity contribution < 1.29 is 9.15 Å². The van der Waals surface area contributed by atoms with Crippen molar-refractivity contribution in [3.8, 4) is 5.75 Å². The number of aryl methyl sites for hydroxylation is 2. The molecule has 3 heteroatoms. The van der Waals surface area contributed by atoms with Crippen LogP contribution in [0.25, 0.3) is 0 Å². The van der Waals surface area contributed by atoms with Crippen LogP contribution < -0.4 is 10.1 Å². The fraction of sp³-hybridized carbons (Fsp3) is 0.412. The molecule has 1 heterocycles. The van der Waals surface area contributed by atoms with Gasteiger partial charge < -0.3 is 14.5 Å². The molecule has 0 aliphatic heterocycles. The first kappa shape index (κ1) is 14.7. The van der Waals surface area contributed by atoms with Gasteiger partial charge in [-0.2, -0.15) is 0 Å². The van der Waals surface area contributed by atoms with E-state index in [-0.39, 0.29) is 6.04 Å². The largest absolute Gasteiger partial charge is 0.496 e. The summed E-state index contributed by atoms with van der Waals surface area (Å²) in [4.78, 5) is 0. The molecular weight excluding hydrogens is 250 g/mol. The molecule has 1 aromatic carbocycles. The highest BCUT2D eigenvalue weighted by molar-refractivity contribution is 5.48. The van der Waals surface area contributed by atoms with E-state index < -0.39 is 0 Å². The molecule has 1 N–H and O–H groups in total. The van der Waals surface area contributed by atoms with Gasteiger partial charge in [0.25, 0.3) is 0 Å². The summed E-state index contributed by atoms with van der Waals surface area (Å²) in [6, 6.07) is 8.28. The third-order valence-electron chi connectivity index (χ3n) is 3.68. The summed E-state index contributed by atoms with van der Waals surface area (Å²) in [5.74, 6) is 2.78. The number of benzene rings is 1. The molecule has 0 saturated heterocycles. The van der Waals surface area contributed by atoms with Crippen LogP contribution in [0.1, 0.15) is 41.2 Å². The average molecular weight is 273 g/mol. The van der Waals surface area contributed by atoms with E-state index >= 15 is 0 Å². The Hall–Kier alpha value is -1.74. The minimum Gasteiger partial charge on any atom is -0.496 e. The van der Waals surface area contributed by atoms with E-state index in [1.54, 1.807) is 7.11 Å². The smallest absolute Gasteiger partial charge is 0.127 e. The van der Waals surface area contributed by atoms with Gasteiger partial charge in [0.05, 0.1) is 13.2 Å². The van der Waals surface area contributed by atoms with Gasteiger partial charge in [-0.1, -0.05) is 19.1 Å². The third-order valence-corrected chi connectivity index (χ3v) is 3.68. The highest BCUT2D eigenvalue weighted by Gasteiger charge is 2.22. The molecule has 1 aromatic heterocycles. The lowest BCUT2D eigenvalue weighted by molar-refractivity contribution is 0.388. The molecule has 0 amide bonds. The summed E-state index contributed by atoms with van der Waals surface area (Å²) >= 11 is 0. The Morgan fingerprint density at radius 2 is 1.90 bits per heavy atom. The summed E-state index contributed by atoms with van der Waals surface area (Å²) in [6.07, 6.45) is 0. The maximum atomic E-state index is 5.80. The molecule has 0 aliphatic carbocycles. The number of ether oxygens (including phenoxy) is 1. The lowest BCUT2D eigenvalue weighted by atomic mass is 9.97. The van der Waals surface area contributed by atoms with Crippen molar-refractivity contribution in [2.24, 2.45) is 0 Å². The van der Waals surface area contributed by atoms with Crippen LogP contribution in [0.15, 0.2) is 28.7 Å². The van der Waals surface area contributed by atoms with Gasteiger partial charge in [0.15, 0.2) is 0 Å². The Morgan fingerprint density at radius 1 is 1.15 bits per heavy atom. The molecular formula is C17H23NO2. The summed E-state index contributed by atoms with van der Waals surface area (Å²) in [7, 11) is 1.72. The average Bonchev–Trinajstić information content (AvgIpc) is 2.86. The molecule has 0 aliphatic rings. The fourth-order valence-corrected chi connectivity index (χ4v) is 2.49. The molecule has 0 radical (unpaired) electrons. The first-order chi connectivity index (χ1) is 9.58. The number of rotatable bonds is 5. The third kappa shape index (κ3) is 2.73. The molecule has 2 rings (SSSR count). The Bertz CT molecular complexity index is 587. The van der Waals surface area contributed by atoms with Gasteiger partial charge in [0.2, 0.25) is 0 Å². The summed E-state index contributed by atoms with van der Waals surface area (Å²) in [5, 5.41) is 3.48. The molecule has 20 heavy (non-hydrogen) atoms. The zero-order valence-corrected chi connectivity index (χ0v) is 12.9. The van der Waals surface area contributed by atoms with Crippen molar-refractivity contribution in [3.05, 3.63) is 52.5 Å². The molecule has 0 fully saturated rings. The number of hydrogen-bond donors (Lipinski definition) is 1. The van der Waals surface area contributed by atoms with Crippen LogP contribution in [0.2, 0.25) is 0 Å². The van der Waals surface area contributed by atoms with Crippen molar-refractivity contribution in [1.29, 1.82) is 0 Å². The van der Waals surface area contributed by atoms with Gasteiger partial charge in [-0.05, 0) is 50.6 Å². The fourth-order valence-electron chi connectivity index (χ4n) is 2.49. The predicted molar refractivity (Wildman–Crippen MR) is 81.4 cm³/mol. The standard InChI is InChI=1S/C17H23NO2/c1-6-18-16(15-10-8-12(3)20-15)14-9-7-11(2)13(4)17(14)19-5/h7-10,16,18H,6H2,1-5H3. The van der Waals surface area contributed by atoms with Crippen LogP contribution in [-0.4, -0.2) is 13.7 Å². The second kappa shape index (κ2) is 6.14. The van der Waals surface area contributed by atoms with E-state index in [1.807, 2.05) is 19.1 Å². The molecule has 2 aromatic rings. The van der Waals surface area contributed by atoms with Gasteiger partial charge in [-0.3, -0.25) is 0 Å². The molecule has 0 bridgehead atoms. The van der Waals surface area contributed by atoms with Crippen LogP contribution in [0, 0.1) is 20.8 Å². The van der Waals surface area contributed by atoms with E-state index in [2.05, 4.69) is 38.2 Å². The molecule has 108 valence electrons. The van der Waals surface area contributed by atoms with Gasteiger partial charge in [-0.15, -0.1) is 0 Å². The highest BCUT2D eigenvalue weighted by Crippen LogP contribution is 2.34. The monoisotopic (exact) mass is 273 g/mol. The summed E-state index contributed by atoms with van der Waals surface area (Å²) in [6.45, 7) is 9.11. The van der Waals surface area contributed by atoms with Gasteiger partial charge in [-0.25, -0.2) is 0 Å². The maximum Gasteiger partial charge on any atom is 0.127 e. The van der Waals surface area contributed by atoms with Gasteiger partial charge in [0, 0.05) is 5.56 Å². The Labute approximate surface area is 121 Å². The first-order valence-electron chi connectivity index (χ1n) is 7.02.